The largest absolute Gasteiger partial charge is 0.497 e. The minimum Gasteiger partial charge on any atom is -0.497 e. The quantitative estimate of drug-likeness (QED) is 0.292. The first kappa shape index (κ1) is 23.4. The number of ether oxygens (including phenoxy) is 1. The highest BCUT2D eigenvalue weighted by atomic mass is 16.6. The summed E-state index contributed by atoms with van der Waals surface area (Å²) < 4.78 is 6.93. The maximum atomic E-state index is 12.1. The number of oxime groups is 1. The molecule has 4 rings (SSSR count). The number of carbonyl (C=O) groups excluding carboxylic acids is 1. The number of nitrogens with zero attached hydrogens (tertiary/aromatic N) is 5. The van der Waals surface area contributed by atoms with Crippen molar-refractivity contribution in [3.63, 3.8) is 0 Å². The number of hydrogen-bond acceptors (Lipinski definition) is 7. The van der Waals surface area contributed by atoms with E-state index in [1.165, 1.54) is 19.1 Å². The van der Waals surface area contributed by atoms with E-state index < -0.39 is 5.91 Å². The Morgan fingerprint density at radius 1 is 1.06 bits per heavy atom. The van der Waals surface area contributed by atoms with E-state index in [-0.39, 0.29) is 18.2 Å². The van der Waals surface area contributed by atoms with Gasteiger partial charge in [0.2, 0.25) is 5.88 Å². The monoisotopic (exact) mass is 463 g/mol. The van der Waals surface area contributed by atoms with Crippen molar-refractivity contribution < 1.29 is 19.5 Å². The van der Waals surface area contributed by atoms with Gasteiger partial charge in [0.1, 0.15) is 5.75 Å². The highest BCUT2D eigenvalue weighted by Gasteiger charge is 2.19. The van der Waals surface area contributed by atoms with Crippen LogP contribution in [0.1, 0.15) is 31.2 Å². The number of carbonyl (C=O) groups is 1. The van der Waals surface area contributed by atoms with Crippen LogP contribution in [0, 0.1) is 0 Å². The lowest BCUT2D eigenvalue weighted by Gasteiger charge is -2.21. The second-order valence-corrected chi connectivity index (χ2v) is 8.17. The summed E-state index contributed by atoms with van der Waals surface area (Å²) in [5.74, 6) is 0.140. The predicted molar refractivity (Wildman–Crippen MR) is 130 cm³/mol. The van der Waals surface area contributed by atoms with Gasteiger partial charge in [-0.05, 0) is 61.8 Å². The van der Waals surface area contributed by atoms with Crippen LogP contribution in [-0.2, 0) is 16.3 Å². The number of methoxy groups -OCH3 is 1. The summed E-state index contributed by atoms with van der Waals surface area (Å²) in [7, 11) is 1.60. The normalized spacial score (nSPS) is 15.2. The highest BCUT2D eigenvalue weighted by Crippen LogP contribution is 2.39. The average molecular weight is 464 g/mol. The van der Waals surface area contributed by atoms with Crippen LogP contribution in [0.5, 0.6) is 11.6 Å². The van der Waals surface area contributed by atoms with Crippen LogP contribution in [0.4, 0.5) is 5.69 Å². The van der Waals surface area contributed by atoms with Gasteiger partial charge in [0.25, 0.3) is 0 Å². The first-order chi connectivity index (χ1) is 16.7. The number of para-hydroxylation sites is 1. The molecule has 1 fully saturated rings. The Bertz CT molecular complexity index is 1160. The Labute approximate surface area is 198 Å². The van der Waals surface area contributed by atoms with Gasteiger partial charge in [0.05, 0.1) is 25.5 Å². The molecule has 3 aromatic rings. The molecule has 9 heteroatoms. The lowest BCUT2D eigenvalue weighted by atomic mass is 10.2. The molecule has 1 aliphatic rings. The Hall–Kier alpha value is -3.72. The number of benzene rings is 2. The molecule has 2 heterocycles. The van der Waals surface area contributed by atoms with Gasteiger partial charge in [-0.3, -0.25) is 14.3 Å². The molecule has 1 amide bonds. The Kier molecular flexibility index (Phi) is 7.87. The van der Waals surface area contributed by atoms with Crippen molar-refractivity contribution in [3.8, 4) is 11.6 Å². The third-order valence-corrected chi connectivity index (χ3v) is 5.80. The zero-order valence-corrected chi connectivity index (χ0v) is 19.3. The Morgan fingerprint density at radius 2 is 1.79 bits per heavy atom. The first-order valence-electron chi connectivity index (χ1n) is 11.4. The van der Waals surface area contributed by atoms with Gasteiger partial charge in [-0.15, -0.1) is 10.2 Å². The van der Waals surface area contributed by atoms with Gasteiger partial charge in [-0.25, -0.2) is 0 Å². The van der Waals surface area contributed by atoms with E-state index in [2.05, 4.69) is 20.3 Å². The van der Waals surface area contributed by atoms with Crippen molar-refractivity contribution in [2.45, 2.75) is 32.4 Å². The minimum atomic E-state index is -0.601. The van der Waals surface area contributed by atoms with Crippen LogP contribution >= 0.6 is 0 Å². The first-order valence-corrected chi connectivity index (χ1v) is 11.4. The number of aromatic hydroxyl groups is 1. The van der Waals surface area contributed by atoms with E-state index in [1.54, 1.807) is 19.2 Å². The van der Waals surface area contributed by atoms with Crippen molar-refractivity contribution in [1.29, 1.82) is 0 Å². The van der Waals surface area contributed by atoms with Crippen LogP contribution in [0.3, 0.4) is 0 Å². The second-order valence-electron chi connectivity index (χ2n) is 8.17. The van der Waals surface area contributed by atoms with Crippen LogP contribution in [0.25, 0.3) is 10.9 Å². The molecule has 1 aliphatic heterocycles. The molecule has 0 aliphatic carbocycles. The van der Waals surface area contributed by atoms with Gasteiger partial charge >= 0.3 is 5.91 Å². The fourth-order valence-corrected chi connectivity index (χ4v) is 4.01. The summed E-state index contributed by atoms with van der Waals surface area (Å²) in [6.07, 6.45) is 6.28. The maximum Gasteiger partial charge on any atom is 0.304 e. The Balaban J connectivity index is 1.41. The molecule has 0 radical (unpaired) electrons. The minimum absolute atomic E-state index is 0.000409. The predicted octanol–water partition coefficient (Wildman–Crippen LogP) is 4.85. The summed E-state index contributed by atoms with van der Waals surface area (Å²) in [5.41, 5.74) is 1.93. The second kappa shape index (κ2) is 11.4. The van der Waals surface area contributed by atoms with Gasteiger partial charge in [-0.2, -0.15) is 0 Å². The van der Waals surface area contributed by atoms with Gasteiger partial charge in [-0.1, -0.05) is 36.2 Å². The number of hydrogen-bond donors (Lipinski definition) is 1. The molecule has 0 spiro atoms. The van der Waals surface area contributed by atoms with Gasteiger partial charge < -0.3 is 14.7 Å². The lowest BCUT2D eigenvalue weighted by molar-refractivity contribution is -0.122. The number of likely N-dealkylation sites (tertiary alicyclic amines) is 1. The van der Waals surface area contributed by atoms with Gasteiger partial charge in [0, 0.05) is 5.39 Å². The summed E-state index contributed by atoms with van der Waals surface area (Å²) in [6, 6.07) is 14.8. The lowest BCUT2D eigenvalue weighted by Crippen LogP contribution is -2.27. The summed E-state index contributed by atoms with van der Waals surface area (Å²) >= 11 is 0. The molecular weight excluding hydrogens is 434 g/mol. The van der Waals surface area contributed by atoms with Crippen molar-refractivity contribution in [2.75, 3.05) is 26.8 Å². The summed E-state index contributed by atoms with van der Waals surface area (Å²) in [5, 5.41) is 23.2. The number of amides is 1. The maximum absolute atomic E-state index is 12.1. The SMILES string of the molecule is COc1ccc(C=NOCC(=O)N=Nc2c(O)n(CN3CCCCCC3)c3ccccc23)cc1. The molecule has 0 saturated carbocycles. The molecule has 0 unspecified atom stereocenters. The van der Waals surface area contributed by atoms with E-state index in [4.69, 9.17) is 9.57 Å². The van der Waals surface area contributed by atoms with E-state index in [0.717, 1.165) is 48.1 Å². The molecule has 1 saturated heterocycles. The zero-order chi connectivity index (χ0) is 23.8. The number of azo groups is 1. The topological polar surface area (TPSA) is 101 Å². The fourth-order valence-electron chi connectivity index (χ4n) is 4.01. The molecule has 34 heavy (non-hydrogen) atoms. The molecule has 9 nitrogen and oxygen atoms in total. The molecule has 0 bridgehead atoms. The zero-order valence-electron chi connectivity index (χ0n) is 19.3. The number of aromatic nitrogens is 1. The van der Waals surface area contributed by atoms with Crippen LogP contribution < -0.4 is 4.74 Å². The number of rotatable bonds is 8. The van der Waals surface area contributed by atoms with Crippen LogP contribution in [0.15, 0.2) is 63.9 Å². The molecule has 1 N–H and O–H groups in total. The molecule has 178 valence electrons. The van der Waals surface area contributed by atoms with Crippen LogP contribution in [-0.4, -0.2) is 53.5 Å². The van der Waals surface area contributed by atoms with Crippen molar-refractivity contribution in [3.05, 3.63) is 54.1 Å². The van der Waals surface area contributed by atoms with E-state index in [0.29, 0.717) is 6.67 Å². The number of fused-ring (bicyclic) bond motifs is 1. The van der Waals surface area contributed by atoms with Crippen molar-refractivity contribution in [2.24, 2.45) is 15.4 Å². The smallest absolute Gasteiger partial charge is 0.304 e. The van der Waals surface area contributed by atoms with Crippen LogP contribution in [0.2, 0.25) is 0 Å². The third-order valence-electron chi connectivity index (χ3n) is 5.80. The van der Waals surface area contributed by atoms with Crippen molar-refractivity contribution >= 4 is 28.7 Å². The van der Waals surface area contributed by atoms with E-state index in [9.17, 15) is 9.90 Å². The van der Waals surface area contributed by atoms with E-state index in [1.807, 2.05) is 41.0 Å². The highest BCUT2D eigenvalue weighted by molar-refractivity contribution is 5.95. The summed E-state index contributed by atoms with van der Waals surface area (Å²) in [6.45, 7) is 2.20. The average Bonchev–Trinajstić information content (AvgIpc) is 3.01. The van der Waals surface area contributed by atoms with Crippen molar-refractivity contribution in [1.82, 2.24) is 9.47 Å². The third kappa shape index (κ3) is 5.79. The Morgan fingerprint density at radius 3 is 2.53 bits per heavy atom. The fraction of sp³-hybridized carbons (Fsp3) is 0.360. The summed E-state index contributed by atoms with van der Waals surface area (Å²) in [4.78, 5) is 19.5. The van der Waals surface area contributed by atoms with E-state index >= 15 is 0 Å². The standard InChI is InChI=1S/C25H29N5O4/c1-33-20-12-10-19(11-13-20)16-26-34-17-23(31)27-28-24-21-8-4-5-9-22(21)30(25(24)32)18-29-14-6-2-3-7-15-29/h4-5,8-13,16,32H,2-3,6-7,14-15,17-18H2,1H3. The molecule has 2 aromatic carbocycles. The molecule has 0 atom stereocenters. The molecule has 1 aromatic heterocycles. The molecular formula is C25H29N5O4. The van der Waals surface area contributed by atoms with Gasteiger partial charge in [0.15, 0.2) is 12.3 Å².